The van der Waals surface area contributed by atoms with Crippen LogP contribution in [0, 0.1) is 0 Å². The van der Waals surface area contributed by atoms with Gasteiger partial charge in [-0.05, 0) is 56.4 Å². The topological polar surface area (TPSA) is 61.9 Å². The van der Waals surface area contributed by atoms with Crippen molar-refractivity contribution in [2.75, 3.05) is 35.9 Å². The van der Waals surface area contributed by atoms with Gasteiger partial charge in [-0.3, -0.25) is 4.31 Å². The van der Waals surface area contributed by atoms with E-state index in [9.17, 15) is 8.42 Å². The molecule has 0 fully saturated rings. The molecule has 128 valence electrons. The fourth-order valence-corrected chi connectivity index (χ4v) is 4.57. The minimum absolute atomic E-state index is 0.437. The number of anilines is 3. The van der Waals surface area contributed by atoms with Crippen LogP contribution in [0.5, 0.6) is 5.75 Å². The smallest absolute Gasteiger partial charge is 0.330 e. The average Bonchev–Trinajstić information content (AvgIpc) is 2.82. The van der Waals surface area contributed by atoms with E-state index in [0.717, 1.165) is 13.0 Å². The Morgan fingerprint density at radius 2 is 1.71 bits per heavy atom. The summed E-state index contributed by atoms with van der Waals surface area (Å²) in [6.45, 7) is 1.20. The van der Waals surface area contributed by atoms with Crippen LogP contribution in [0.3, 0.4) is 0 Å². The zero-order valence-corrected chi connectivity index (χ0v) is 14.6. The zero-order chi connectivity index (χ0) is 17.2. The highest BCUT2D eigenvalue weighted by Crippen LogP contribution is 2.45. The molecule has 1 aliphatic heterocycles. The number of ether oxygens (including phenoxy) is 1. The van der Waals surface area contributed by atoms with Gasteiger partial charge < -0.3 is 10.1 Å². The van der Waals surface area contributed by atoms with E-state index in [1.54, 1.807) is 31.4 Å². The fraction of sp³-hybridized carbons (Fsp3) is 0.294. The second-order valence-corrected chi connectivity index (χ2v) is 7.19. The number of rotatable bonds is 6. The van der Waals surface area contributed by atoms with Crippen molar-refractivity contribution in [2.45, 2.75) is 6.42 Å². The van der Waals surface area contributed by atoms with Crippen LogP contribution in [0.15, 0.2) is 48.5 Å². The Labute approximate surface area is 142 Å². The van der Waals surface area contributed by atoms with Crippen molar-refractivity contribution in [1.82, 2.24) is 5.32 Å². The Morgan fingerprint density at radius 1 is 1.04 bits per heavy atom. The van der Waals surface area contributed by atoms with Gasteiger partial charge >= 0.3 is 10.2 Å². The van der Waals surface area contributed by atoms with Crippen LogP contribution >= 0.6 is 0 Å². The Balaban J connectivity index is 2.02. The van der Waals surface area contributed by atoms with E-state index >= 15 is 0 Å². The standard InChI is InChI=1S/C17H21N3O3S/c1-18-12-5-13-19-16-6-3-4-7-17(16)20(24(19,21)22)14-8-10-15(23-2)11-9-14/h3-4,6-11,18H,5,12-13H2,1-2H3. The van der Waals surface area contributed by atoms with Crippen LogP contribution in [0.25, 0.3) is 0 Å². The van der Waals surface area contributed by atoms with E-state index in [2.05, 4.69) is 5.32 Å². The van der Waals surface area contributed by atoms with Crippen LogP contribution in [-0.4, -0.2) is 35.7 Å². The number of benzene rings is 2. The summed E-state index contributed by atoms with van der Waals surface area (Å²) >= 11 is 0. The molecule has 0 bridgehead atoms. The summed E-state index contributed by atoms with van der Waals surface area (Å²) in [5.74, 6) is 0.689. The summed E-state index contributed by atoms with van der Waals surface area (Å²) in [7, 11) is -0.201. The zero-order valence-electron chi connectivity index (χ0n) is 13.8. The van der Waals surface area contributed by atoms with Gasteiger partial charge in [0, 0.05) is 6.54 Å². The van der Waals surface area contributed by atoms with Gasteiger partial charge in [0.25, 0.3) is 0 Å². The largest absolute Gasteiger partial charge is 0.497 e. The van der Waals surface area contributed by atoms with E-state index in [-0.39, 0.29) is 0 Å². The lowest BCUT2D eigenvalue weighted by atomic mass is 10.2. The number of methoxy groups -OCH3 is 1. The van der Waals surface area contributed by atoms with Crippen molar-refractivity contribution < 1.29 is 13.2 Å². The Morgan fingerprint density at radius 3 is 2.33 bits per heavy atom. The third-order valence-electron chi connectivity index (χ3n) is 3.97. The van der Waals surface area contributed by atoms with E-state index < -0.39 is 10.2 Å². The Kier molecular flexibility index (Phi) is 4.64. The lowest BCUT2D eigenvalue weighted by molar-refractivity contribution is 0.415. The van der Waals surface area contributed by atoms with Gasteiger partial charge in [0.1, 0.15) is 5.75 Å². The fourth-order valence-electron chi connectivity index (χ4n) is 2.82. The molecule has 7 heteroatoms. The molecule has 0 radical (unpaired) electrons. The molecule has 6 nitrogen and oxygen atoms in total. The minimum atomic E-state index is -3.64. The van der Waals surface area contributed by atoms with Gasteiger partial charge in [-0.1, -0.05) is 12.1 Å². The van der Waals surface area contributed by atoms with Crippen molar-refractivity contribution >= 4 is 27.3 Å². The number of nitrogens with zero attached hydrogens (tertiary/aromatic N) is 2. The predicted molar refractivity (Wildman–Crippen MR) is 96.4 cm³/mol. The van der Waals surface area contributed by atoms with Crippen LogP contribution in [0.1, 0.15) is 6.42 Å². The van der Waals surface area contributed by atoms with Crippen molar-refractivity contribution in [3.05, 3.63) is 48.5 Å². The molecule has 3 rings (SSSR count). The lowest BCUT2D eigenvalue weighted by Crippen LogP contribution is -2.36. The number of fused-ring (bicyclic) bond motifs is 1. The molecule has 1 N–H and O–H groups in total. The lowest BCUT2D eigenvalue weighted by Gasteiger charge is -2.22. The normalized spacial score (nSPS) is 15.4. The first-order chi connectivity index (χ1) is 11.6. The summed E-state index contributed by atoms with van der Waals surface area (Å²) in [4.78, 5) is 0. The van der Waals surface area contributed by atoms with Crippen LogP contribution < -0.4 is 18.7 Å². The van der Waals surface area contributed by atoms with Crippen molar-refractivity contribution in [3.8, 4) is 5.75 Å². The molecule has 0 amide bonds. The van der Waals surface area contributed by atoms with E-state index in [4.69, 9.17) is 4.74 Å². The summed E-state index contributed by atoms with van der Waals surface area (Å²) < 4.78 is 34.2. The minimum Gasteiger partial charge on any atom is -0.497 e. The van der Waals surface area contributed by atoms with Crippen molar-refractivity contribution in [2.24, 2.45) is 0 Å². The molecule has 0 aliphatic carbocycles. The van der Waals surface area contributed by atoms with E-state index in [0.29, 0.717) is 29.4 Å². The van der Waals surface area contributed by atoms with Crippen LogP contribution in [-0.2, 0) is 10.2 Å². The van der Waals surface area contributed by atoms with Crippen LogP contribution in [0.2, 0.25) is 0 Å². The summed E-state index contributed by atoms with van der Waals surface area (Å²) in [5, 5.41) is 3.05. The molecule has 1 heterocycles. The van der Waals surface area contributed by atoms with Gasteiger partial charge in [0.05, 0.1) is 24.2 Å². The van der Waals surface area contributed by atoms with Gasteiger partial charge in [0.2, 0.25) is 0 Å². The molecule has 0 aromatic heterocycles. The number of hydrogen-bond acceptors (Lipinski definition) is 4. The van der Waals surface area contributed by atoms with Crippen molar-refractivity contribution in [1.29, 1.82) is 0 Å². The molecule has 0 saturated heterocycles. The highest BCUT2D eigenvalue weighted by molar-refractivity contribution is 7.95. The molecule has 0 unspecified atom stereocenters. The first-order valence-electron chi connectivity index (χ1n) is 7.80. The van der Waals surface area contributed by atoms with Gasteiger partial charge in [-0.25, -0.2) is 4.31 Å². The van der Waals surface area contributed by atoms with Gasteiger partial charge in [0.15, 0.2) is 0 Å². The second kappa shape index (κ2) is 6.70. The maximum absolute atomic E-state index is 13.1. The molecule has 0 atom stereocenters. The molecular formula is C17H21N3O3S. The molecule has 2 aromatic rings. The van der Waals surface area contributed by atoms with Gasteiger partial charge in [-0.15, -0.1) is 0 Å². The highest BCUT2D eigenvalue weighted by atomic mass is 32.2. The Hall–Kier alpha value is -2.25. The summed E-state index contributed by atoms with van der Waals surface area (Å²) in [6.07, 6.45) is 0.737. The molecule has 0 saturated carbocycles. The quantitative estimate of drug-likeness (QED) is 0.816. The molecule has 2 aromatic carbocycles. The highest BCUT2D eigenvalue weighted by Gasteiger charge is 2.40. The first kappa shape index (κ1) is 16.6. The van der Waals surface area contributed by atoms with Crippen LogP contribution in [0.4, 0.5) is 17.1 Å². The molecule has 24 heavy (non-hydrogen) atoms. The average molecular weight is 347 g/mol. The maximum Gasteiger partial charge on any atom is 0.330 e. The Bertz CT molecular complexity index is 806. The third-order valence-corrected chi connectivity index (χ3v) is 5.78. The predicted octanol–water partition coefficient (Wildman–Crippen LogP) is 2.51. The second-order valence-electron chi connectivity index (χ2n) is 5.49. The SMILES string of the molecule is CNCCCN1c2ccccc2N(c2ccc(OC)cc2)S1(=O)=O. The summed E-state index contributed by atoms with van der Waals surface area (Å²) in [5.41, 5.74) is 1.98. The number of para-hydroxylation sites is 2. The van der Waals surface area contributed by atoms with Gasteiger partial charge in [-0.2, -0.15) is 8.42 Å². The number of nitrogens with one attached hydrogen (secondary N) is 1. The third kappa shape index (κ3) is 2.81. The molecule has 1 aliphatic rings. The number of hydrogen-bond donors (Lipinski definition) is 1. The van der Waals surface area contributed by atoms with E-state index in [1.807, 2.05) is 31.3 Å². The molecule has 0 spiro atoms. The monoisotopic (exact) mass is 347 g/mol. The maximum atomic E-state index is 13.1. The van der Waals surface area contributed by atoms with Crippen molar-refractivity contribution in [3.63, 3.8) is 0 Å². The van der Waals surface area contributed by atoms with E-state index in [1.165, 1.54) is 8.61 Å². The molecular weight excluding hydrogens is 326 g/mol. The first-order valence-corrected chi connectivity index (χ1v) is 9.20. The summed E-state index contributed by atoms with van der Waals surface area (Å²) in [6, 6.07) is 14.4.